The summed E-state index contributed by atoms with van der Waals surface area (Å²) in [5, 5.41) is 27.5. The molecule has 0 radical (unpaired) electrons. The first-order valence-electron chi connectivity index (χ1n) is 19.4. The van der Waals surface area contributed by atoms with E-state index in [1.54, 1.807) is 12.1 Å². The van der Waals surface area contributed by atoms with E-state index in [-0.39, 0.29) is 30.6 Å². The van der Waals surface area contributed by atoms with E-state index >= 15 is 0 Å². The largest absolute Gasteiger partial charge is 0.397 e. The minimum atomic E-state index is -0.877. The Morgan fingerprint density at radius 2 is 1.44 bits per heavy atom. The molecule has 2 saturated heterocycles. The van der Waals surface area contributed by atoms with Crippen LogP contribution in [0.5, 0.6) is 0 Å². The van der Waals surface area contributed by atoms with Crippen LogP contribution in [0.25, 0.3) is 0 Å². The third-order valence-electron chi connectivity index (χ3n) is 10.7. The highest BCUT2D eigenvalue weighted by atomic mass is 35.5. The Morgan fingerprint density at radius 3 is 2.11 bits per heavy atom. The van der Waals surface area contributed by atoms with Gasteiger partial charge in [-0.2, -0.15) is 0 Å². The first kappa shape index (κ1) is 40.4. The molecule has 0 saturated carbocycles. The molecule has 2 aliphatic rings. The number of nitrogens with two attached hydrogens (primary N) is 1. The molecule has 6 N–H and O–H groups in total. The highest BCUT2D eigenvalue weighted by molar-refractivity contribution is 6.30. The fourth-order valence-corrected chi connectivity index (χ4v) is 7.43. The second-order valence-corrected chi connectivity index (χ2v) is 15.2. The quantitative estimate of drug-likeness (QED) is 0.0581. The van der Waals surface area contributed by atoms with Crippen molar-refractivity contribution in [1.82, 2.24) is 10.2 Å². The van der Waals surface area contributed by atoms with Crippen LogP contribution in [0.3, 0.4) is 0 Å². The van der Waals surface area contributed by atoms with Gasteiger partial charge in [-0.05, 0) is 72.2 Å². The molecule has 2 aliphatic heterocycles. The average molecular weight is 769 g/mol. The summed E-state index contributed by atoms with van der Waals surface area (Å²) in [5.41, 5.74) is 10.9. The molecule has 0 spiro atoms. The second-order valence-electron chi connectivity index (χ2n) is 14.8. The minimum absolute atomic E-state index is 0.00235. The van der Waals surface area contributed by atoms with Crippen LogP contribution in [-0.4, -0.2) is 52.7 Å². The van der Waals surface area contributed by atoms with E-state index in [2.05, 4.69) is 15.5 Å². The summed E-state index contributed by atoms with van der Waals surface area (Å²) in [6.07, 6.45) is 5.17. The number of amides is 2. The van der Waals surface area contributed by atoms with Gasteiger partial charge in [-0.3, -0.25) is 9.59 Å². The number of rotatable bonds is 16. The number of para-hydroxylation sites is 2. The van der Waals surface area contributed by atoms with Crippen molar-refractivity contribution in [3.63, 3.8) is 0 Å². The van der Waals surface area contributed by atoms with Crippen LogP contribution in [0.15, 0.2) is 97.1 Å². The lowest BCUT2D eigenvalue weighted by atomic mass is 9.84. The normalized spacial score (nSPS) is 19.8. The Bertz CT molecular complexity index is 1830. The highest BCUT2D eigenvalue weighted by Crippen LogP contribution is 2.39. The maximum Gasteiger partial charge on any atom is 0.224 e. The van der Waals surface area contributed by atoms with Gasteiger partial charge in [-0.15, -0.1) is 0 Å². The number of hydrogen-bond acceptors (Lipinski definition) is 8. The number of nitrogens with one attached hydrogen (secondary N) is 2. The van der Waals surface area contributed by atoms with Crippen LogP contribution >= 0.6 is 11.6 Å². The smallest absolute Gasteiger partial charge is 0.224 e. The number of aliphatic hydroxyl groups is 2. The lowest BCUT2D eigenvalue weighted by Crippen LogP contribution is -2.46. The molecule has 10 nitrogen and oxygen atoms in total. The molecular formula is C44H53ClN4O6. The summed E-state index contributed by atoms with van der Waals surface area (Å²) in [5.74, 6) is -0.0536. The van der Waals surface area contributed by atoms with Gasteiger partial charge in [0.15, 0.2) is 6.29 Å². The number of carbonyl (C=O) groups excluding carboxylic acids is 2. The number of anilines is 2. The molecule has 0 unspecified atom stereocenters. The number of carbonyl (C=O) groups is 2. The average Bonchev–Trinajstić information content (AvgIpc) is 3.20. The van der Waals surface area contributed by atoms with Crippen molar-refractivity contribution in [2.75, 3.05) is 30.7 Å². The third kappa shape index (κ3) is 11.6. The number of likely N-dealkylation sites (tertiary alicyclic amines) is 1. The van der Waals surface area contributed by atoms with Crippen LogP contribution in [0.4, 0.5) is 11.4 Å². The number of hydrogen-bond donors (Lipinski definition) is 5. The zero-order valence-electron chi connectivity index (χ0n) is 31.3. The Morgan fingerprint density at radius 1 is 0.800 bits per heavy atom. The number of piperidine rings is 1. The first-order valence-corrected chi connectivity index (χ1v) is 19.8. The van der Waals surface area contributed by atoms with Crippen LogP contribution in [0.1, 0.15) is 98.0 Å². The van der Waals surface area contributed by atoms with Gasteiger partial charge in [-0.1, -0.05) is 97.2 Å². The van der Waals surface area contributed by atoms with Crippen molar-refractivity contribution < 1.29 is 29.3 Å². The van der Waals surface area contributed by atoms with Gasteiger partial charge in [-0.25, -0.2) is 0 Å². The van der Waals surface area contributed by atoms with E-state index in [9.17, 15) is 19.8 Å². The van der Waals surface area contributed by atoms with Crippen molar-refractivity contribution in [3.05, 3.63) is 130 Å². The van der Waals surface area contributed by atoms with Gasteiger partial charge < -0.3 is 41.0 Å². The number of benzene rings is 4. The molecule has 2 fully saturated rings. The van der Waals surface area contributed by atoms with E-state index in [4.69, 9.17) is 26.8 Å². The number of nitrogens with zero attached hydrogens (tertiary/aromatic N) is 1. The third-order valence-corrected chi connectivity index (χ3v) is 10.9. The van der Waals surface area contributed by atoms with Crippen molar-refractivity contribution in [2.45, 2.75) is 95.0 Å². The summed E-state index contributed by atoms with van der Waals surface area (Å²) in [6.45, 7) is 2.60. The molecule has 4 aromatic carbocycles. The molecule has 11 heteroatoms. The number of unbranched alkanes of at least 4 members (excludes halogenated alkanes) is 3. The Kier molecular flexibility index (Phi) is 14.3. The highest BCUT2D eigenvalue weighted by Gasteiger charge is 2.37. The summed E-state index contributed by atoms with van der Waals surface area (Å²) < 4.78 is 13.2. The first-order chi connectivity index (χ1) is 26.7. The van der Waals surface area contributed by atoms with E-state index in [1.807, 2.05) is 84.9 Å². The van der Waals surface area contributed by atoms with E-state index in [0.29, 0.717) is 61.6 Å². The lowest BCUT2D eigenvalue weighted by molar-refractivity contribution is -0.253. The van der Waals surface area contributed by atoms with Crippen LogP contribution in [-0.2, 0) is 37.8 Å². The van der Waals surface area contributed by atoms with Gasteiger partial charge in [0.05, 0.1) is 35.8 Å². The Hall–Kier alpha value is -4.29. The zero-order valence-corrected chi connectivity index (χ0v) is 32.1. The number of aliphatic hydroxyl groups excluding tert-OH is 1. The SMILES string of the molecule is Nc1ccccc1NC(=O)CCCCCCC(=O)NCc1ccc([C@@H]2O[C@H](CN3CCC(O)(c4ccc(Cl)cc4)CC3)C[C@H](c3ccc(CO)cc3)O2)cc1. The maximum absolute atomic E-state index is 12.6. The summed E-state index contributed by atoms with van der Waals surface area (Å²) in [4.78, 5) is 27.2. The molecule has 292 valence electrons. The fraction of sp³-hybridized carbons (Fsp3) is 0.409. The van der Waals surface area contributed by atoms with Gasteiger partial charge in [0, 0.05) is 56.0 Å². The monoisotopic (exact) mass is 768 g/mol. The number of nitrogen functional groups attached to an aromatic ring is 1. The van der Waals surface area contributed by atoms with Crippen molar-refractivity contribution in [3.8, 4) is 0 Å². The summed E-state index contributed by atoms with van der Waals surface area (Å²) in [7, 11) is 0. The van der Waals surface area contributed by atoms with Crippen molar-refractivity contribution in [1.29, 1.82) is 0 Å². The second kappa shape index (κ2) is 19.5. The van der Waals surface area contributed by atoms with E-state index < -0.39 is 11.9 Å². The molecule has 2 amide bonds. The number of ether oxygens (including phenoxy) is 2. The fourth-order valence-electron chi connectivity index (χ4n) is 7.31. The minimum Gasteiger partial charge on any atom is -0.397 e. The van der Waals surface area contributed by atoms with E-state index in [0.717, 1.165) is 66.6 Å². The van der Waals surface area contributed by atoms with Gasteiger partial charge in [0.2, 0.25) is 11.8 Å². The molecule has 0 bridgehead atoms. The number of halogens is 1. The van der Waals surface area contributed by atoms with Gasteiger partial charge in [0.1, 0.15) is 0 Å². The Balaban J connectivity index is 0.964. The standard InChI is InChI=1S/C44H53ClN4O6/c45-36-21-19-35(20-22-36)44(53)23-25-49(26-24-44)29-37-27-40(33-15-13-32(30-50)14-16-33)55-43(54-37)34-17-11-31(12-18-34)28-47-41(51)9-3-1-2-4-10-42(52)48-39-8-6-5-7-38(39)46/h5-8,11-22,37,40,43,50,53H,1-4,9-10,23-30,46H2,(H,47,51)(H,48,52)/t37-,40+,43+/m0/s1. The lowest BCUT2D eigenvalue weighted by Gasteiger charge is -2.42. The molecule has 3 atom stereocenters. The summed E-state index contributed by atoms with van der Waals surface area (Å²) >= 11 is 6.09. The van der Waals surface area contributed by atoms with E-state index in [1.165, 1.54) is 0 Å². The topological polar surface area (TPSA) is 146 Å². The Labute approximate surface area is 329 Å². The predicted octanol–water partition coefficient (Wildman–Crippen LogP) is 7.54. The molecule has 55 heavy (non-hydrogen) atoms. The van der Waals surface area contributed by atoms with Crippen LogP contribution in [0.2, 0.25) is 5.02 Å². The van der Waals surface area contributed by atoms with Crippen molar-refractivity contribution >= 4 is 34.8 Å². The van der Waals surface area contributed by atoms with Crippen LogP contribution < -0.4 is 16.4 Å². The zero-order chi connectivity index (χ0) is 38.6. The van der Waals surface area contributed by atoms with Crippen LogP contribution in [0, 0.1) is 0 Å². The van der Waals surface area contributed by atoms with Crippen molar-refractivity contribution in [2.24, 2.45) is 0 Å². The predicted molar refractivity (Wildman–Crippen MR) is 215 cm³/mol. The van der Waals surface area contributed by atoms with Gasteiger partial charge >= 0.3 is 0 Å². The maximum atomic E-state index is 12.6. The van der Waals surface area contributed by atoms with Gasteiger partial charge in [0.25, 0.3) is 0 Å². The molecule has 6 rings (SSSR count). The summed E-state index contributed by atoms with van der Waals surface area (Å²) in [6, 6.07) is 30.5. The molecule has 0 aromatic heterocycles. The molecular weight excluding hydrogens is 716 g/mol. The molecule has 0 aliphatic carbocycles. The molecule has 4 aromatic rings. The molecule has 2 heterocycles.